The number of hydrogen-bond acceptors (Lipinski definition) is 6. The predicted octanol–water partition coefficient (Wildman–Crippen LogP) is 5.30. The lowest BCUT2D eigenvalue weighted by molar-refractivity contribution is 0.0165. The number of carbonyl (C=O) groups excluding carboxylic acids is 1. The summed E-state index contributed by atoms with van der Waals surface area (Å²) in [6, 6.07) is 22.9. The summed E-state index contributed by atoms with van der Waals surface area (Å²) < 4.78 is 27.4. The van der Waals surface area contributed by atoms with E-state index in [0.717, 1.165) is 15.6 Å². The first-order valence-corrected chi connectivity index (χ1v) is 12.3. The van der Waals surface area contributed by atoms with Gasteiger partial charge in [0, 0.05) is 4.70 Å². The van der Waals surface area contributed by atoms with Crippen LogP contribution < -0.4 is 5.48 Å². The topological polar surface area (TPSA) is 72.5 Å². The summed E-state index contributed by atoms with van der Waals surface area (Å²) in [6.45, 7) is 1.85. The van der Waals surface area contributed by atoms with E-state index in [9.17, 15) is 13.2 Å². The number of benzene rings is 3. The van der Waals surface area contributed by atoms with Crippen LogP contribution >= 0.6 is 11.3 Å². The molecule has 0 aliphatic carbocycles. The van der Waals surface area contributed by atoms with Crippen molar-refractivity contribution in [3.63, 3.8) is 0 Å². The molecule has 0 saturated heterocycles. The zero-order valence-corrected chi connectivity index (χ0v) is 18.4. The van der Waals surface area contributed by atoms with Crippen molar-refractivity contribution >= 4 is 37.2 Å². The Hall–Kier alpha value is -3.00. The lowest BCUT2D eigenvalue weighted by Gasteiger charge is -2.15. The van der Waals surface area contributed by atoms with Gasteiger partial charge in [0.15, 0.2) is 9.84 Å². The Bertz CT molecular complexity index is 1310. The summed E-state index contributed by atoms with van der Waals surface area (Å²) in [5, 5.41) is 2.97. The van der Waals surface area contributed by atoms with Crippen molar-refractivity contribution in [2.75, 3.05) is 0 Å². The van der Waals surface area contributed by atoms with E-state index in [4.69, 9.17) is 4.84 Å². The molecule has 1 heterocycles. The van der Waals surface area contributed by atoms with Crippen LogP contribution in [0.3, 0.4) is 0 Å². The van der Waals surface area contributed by atoms with Gasteiger partial charge in [0.05, 0.1) is 22.3 Å². The van der Waals surface area contributed by atoms with Gasteiger partial charge >= 0.3 is 5.97 Å². The second-order valence-electron chi connectivity index (χ2n) is 7.19. The van der Waals surface area contributed by atoms with Crippen LogP contribution in [0.2, 0.25) is 0 Å². The van der Waals surface area contributed by atoms with Crippen molar-refractivity contribution < 1.29 is 18.0 Å². The maximum atomic E-state index is 13.1. The highest BCUT2D eigenvalue weighted by atomic mass is 32.2. The molecule has 0 bridgehead atoms. The molecule has 1 atom stereocenters. The van der Waals surface area contributed by atoms with Gasteiger partial charge in [-0.25, -0.2) is 13.2 Å². The van der Waals surface area contributed by atoms with Crippen LogP contribution in [0.15, 0.2) is 89.1 Å². The Morgan fingerprint density at radius 3 is 2.55 bits per heavy atom. The molecule has 1 aromatic heterocycles. The van der Waals surface area contributed by atoms with E-state index >= 15 is 0 Å². The van der Waals surface area contributed by atoms with E-state index in [1.165, 1.54) is 12.1 Å². The second-order valence-corrected chi connectivity index (χ2v) is 10.1. The number of nitrogens with one attached hydrogen (secondary N) is 1. The van der Waals surface area contributed by atoms with Crippen LogP contribution in [0.25, 0.3) is 10.1 Å². The van der Waals surface area contributed by atoms with Gasteiger partial charge in [-0.1, -0.05) is 48.5 Å². The third-order valence-corrected chi connectivity index (χ3v) is 7.58. The van der Waals surface area contributed by atoms with Crippen LogP contribution in [0.5, 0.6) is 0 Å². The molecule has 0 aliphatic rings. The molecule has 4 aromatic rings. The third-order valence-electron chi connectivity index (χ3n) is 4.94. The highest BCUT2D eigenvalue weighted by Crippen LogP contribution is 2.26. The molecule has 0 radical (unpaired) electrons. The number of hydrogen-bond donors (Lipinski definition) is 1. The monoisotopic (exact) mass is 451 g/mol. The zero-order chi connectivity index (χ0) is 21.8. The molecule has 0 saturated carbocycles. The summed E-state index contributed by atoms with van der Waals surface area (Å²) in [4.78, 5) is 17.9. The minimum atomic E-state index is -3.76. The molecule has 7 heteroatoms. The van der Waals surface area contributed by atoms with Gasteiger partial charge in [-0.2, -0.15) is 0 Å². The third kappa shape index (κ3) is 4.85. The molecular weight excluding hydrogens is 430 g/mol. The largest absolute Gasteiger partial charge is 0.366 e. The van der Waals surface area contributed by atoms with Crippen molar-refractivity contribution in [3.8, 4) is 0 Å². The molecule has 158 valence electrons. The Kier molecular flexibility index (Phi) is 6.18. The van der Waals surface area contributed by atoms with E-state index in [2.05, 4.69) is 5.48 Å². The number of hydroxylamine groups is 1. The maximum Gasteiger partial charge on any atom is 0.358 e. The first-order chi connectivity index (χ1) is 14.9. The van der Waals surface area contributed by atoms with Gasteiger partial charge in [0.1, 0.15) is 0 Å². The molecule has 4 rings (SSSR count). The fourth-order valence-electron chi connectivity index (χ4n) is 3.32. The molecule has 0 fully saturated rings. The Labute approximate surface area is 185 Å². The Morgan fingerprint density at radius 1 is 1.00 bits per heavy atom. The van der Waals surface area contributed by atoms with Crippen LogP contribution in [0, 0.1) is 0 Å². The molecule has 0 amide bonds. The van der Waals surface area contributed by atoms with Crippen molar-refractivity contribution in [1.82, 2.24) is 5.48 Å². The van der Waals surface area contributed by atoms with Crippen LogP contribution in [-0.2, 0) is 20.4 Å². The number of fused-ring (bicyclic) bond motifs is 1. The number of rotatable bonds is 7. The number of thiophene rings is 1. The fourth-order valence-corrected chi connectivity index (χ4v) is 5.63. The van der Waals surface area contributed by atoms with Gasteiger partial charge in [-0.05, 0) is 59.1 Å². The lowest BCUT2D eigenvalue weighted by atomic mass is 10.1. The summed E-state index contributed by atoms with van der Waals surface area (Å²) in [5.41, 5.74) is 4.32. The van der Waals surface area contributed by atoms with E-state index in [0.29, 0.717) is 5.56 Å². The Morgan fingerprint density at radius 2 is 1.74 bits per heavy atom. The standard InChI is InChI=1S/C24H21NO4S2/c1-17(19-7-3-2-4-8-19)25-29-24(26)21-9-5-6-10-23(21)31(27,28)16-18-11-12-22-20(15-18)13-14-30-22/h2-15,17,25H,16H2,1H3. The van der Waals surface area contributed by atoms with Crippen LogP contribution in [-0.4, -0.2) is 14.4 Å². The van der Waals surface area contributed by atoms with Crippen molar-refractivity contribution in [1.29, 1.82) is 0 Å². The molecular formula is C24H21NO4S2. The highest BCUT2D eigenvalue weighted by molar-refractivity contribution is 7.90. The normalized spacial score (nSPS) is 12.5. The predicted molar refractivity (Wildman–Crippen MR) is 123 cm³/mol. The summed E-state index contributed by atoms with van der Waals surface area (Å²) in [5.74, 6) is -0.938. The van der Waals surface area contributed by atoms with E-state index in [1.54, 1.807) is 29.5 Å². The molecule has 0 spiro atoms. The van der Waals surface area contributed by atoms with Crippen molar-refractivity contribution in [2.24, 2.45) is 0 Å². The van der Waals surface area contributed by atoms with E-state index in [1.807, 2.05) is 60.8 Å². The smallest absolute Gasteiger partial charge is 0.358 e. The first kappa shape index (κ1) is 21.2. The average Bonchev–Trinajstić information content (AvgIpc) is 3.25. The minimum absolute atomic E-state index is 0.00636. The first-order valence-electron chi connectivity index (χ1n) is 9.73. The van der Waals surface area contributed by atoms with Crippen molar-refractivity contribution in [2.45, 2.75) is 23.6 Å². The van der Waals surface area contributed by atoms with Crippen LogP contribution in [0.4, 0.5) is 0 Å². The molecule has 1 unspecified atom stereocenters. The summed E-state index contributed by atoms with van der Waals surface area (Å²) in [6.07, 6.45) is 0. The lowest BCUT2D eigenvalue weighted by Crippen LogP contribution is -2.24. The average molecular weight is 452 g/mol. The molecule has 31 heavy (non-hydrogen) atoms. The van der Waals surface area contributed by atoms with Gasteiger partial charge in [-0.3, -0.25) is 0 Å². The van der Waals surface area contributed by atoms with E-state index < -0.39 is 15.8 Å². The summed E-state index contributed by atoms with van der Waals surface area (Å²) in [7, 11) is -3.76. The molecule has 5 nitrogen and oxygen atoms in total. The molecule has 0 aliphatic heterocycles. The quantitative estimate of drug-likeness (QED) is 0.386. The SMILES string of the molecule is CC(NOC(=O)c1ccccc1S(=O)(=O)Cc1ccc2sccc2c1)c1ccccc1. The van der Waals surface area contributed by atoms with E-state index in [-0.39, 0.29) is 22.3 Å². The molecule has 3 aromatic carbocycles. The number of sulfone groups is 1. The van der Waals surface area contributed by atoms with Crippen molar-refractivity contribution in [3.05, 3.63) is 101 Å². The van der Waals surface area contributed by atoms with Gasteiger partial charge in [0.25, 0.3) is 0 Å². The molecule has 1 N–H and O–H groups in total. The van der Waals surface area contributed by atoms with Crippen LogP contribution in [0.1, 0.15) is 34.5 Å². The minimum Gasteiger partial charge on any atom is -0.366 e. The zero-order valence-electron chi connectivity index (χ0n) is 16.8. The summed E-state index contributed by atoms with van der Waals surface area (Å²) >= 11 is 1.61. The van der Waals surface area contributed by atoms with Gasteiger partial charge in [0.2, 0.25) is 0 Å². The van der Waals surface area contributed by atoms with Gasteiger partial charge < -0.3 is 4.84 Å². The highest BCUT2D eigenvalue weighted by Gasteiger charge is 2.24. The maximum absolute atomic E-state index is 13.1. The fraction of sp³-hybridized carbons (Fsp3) is 0.125. The second kappa shape index (κ2) is 9.01. The van der Waals surface area contributed by atoms with Gasteiger partial charge in [-0.15, -0.1) is 16.8 Å². The number of carbonyl (C=O) groups is 1. The Balaban J connectivity index is 1.53.